The first-order valence-electron chi connectivity index (χ1n) is 7.33. The first-order chi connectivity index (χ1) is 9.48. The van der Waals surface area contributed by atoms with Crippen LogP contribution >= 0.6 is 15.9 Å². The quantitative estimate of drug-likeness (QED) is 0.835. The van der Waals surface area contributed by atoms with Gasteiger partial charge in [0.2, 0.25) is 0 Å². The summed E-state index contributed by atoms with van der Waals surface area (Å²) in [7, 11) is 2.02. The minimum atomic E-state index is -0.503. The van der Waals surface area contributed by atoms with Crippen molar-refractivity contribution in [2.45, 2.75) is 43.8 Å². The van der Waals surface area contributed by atoms with Crippen LogP contribution in [0.25, 0.3) is 0 Å². The number of hydrogen-bond donors (Lipinski definition) is 2. The van der Waals surface area contributed by atoms with Crippen molar-refractivity contribution in [2.75, 3.05) is 20.1 Å². The summed E-state index contributed by atoms with van der Waals surface area (Å²) in [6.07, 6.45) is 4.33. The van der Waals surface area contributed by atoms with Gasteiger partial charge in [-0.2, -0.15) is 0 Å². The Morgan fingerprint density at radius 3 is 2.45 bits per heavy atom. The number of hydrogen-bond acceptors (Lipinski definition) is 3. The van der Waals surface area contributed by atoms with Gasteiger partial charge in [-0.25, -0.2) is 0 Å². The zero-order valence-corrected chi connectivity index (χ0v) is 13.6. The zero-order chi connectivity index (χ0) is 14.6. The Kier molecular flexibility index (Phi) is 5.61. The van der Waals surface area contributed by atoms with Crippen molar-refractivity contribution in [3.8, 4) is 0 Å². The van der Waals surface area contributed by atoms with Crippen LogP contribution in [0.4, 0.5) is 0 Å². The Bertz CT molecular complexity index is 415. The third kappa shape index (κ3) is 4.55. The predicted octanol–water partition coefficient (Wildman–Crippen LogP) is 3.11. The summed E-state index contributed by atoms with van der Waals surface area (Å²) in [5, 5.41) is 20.5. The molecule has 3 nitrogen and oxygen atoms in total. The van der Waals surface area contributed by atoms with Crippen molar-refractivity contribution in [3.63, 3.8) is 0 Å². The highest BCUT2D eigenvalue weighted by molar-refractivity contribution is 9.10. The second kappa shape index (κ2) is 7.03. The smallest absolute Gasteiger partial charge is 0.0802 e. The van der Waals surface area contributed by atoms with Gasteiger partial charge in [0.1, 0.15) is 0 Å². The van der Waals surface area contributed by atoms with E-state index in [1.165, 1.54) is 0 Å². The molecule has 2 rings (SSSR count). The SMILES string of the molecule is CN(CCC(O)c1ccc(Br)cc1)CC1(O)CCCC1. The molecule has 0 aromatic heterocycles. The van der Waals surface area contributed by atoms with Crippen LogP contribution in [0, 0.1) is 0 Å². The summed E-state index contributed by atoms with van der Waals surface area (Å²) < 4.78 is 1.02. The molecule has 1 saturated carbocycles. The van der Waals surface area contributed by atoms with Crippen molar-refractivity contribution in [3.05, 3.63) is 34.3 Å². The van der Waals surface area contributed by atoms with Crippen LogP contribution in [0.2, 0.25) is 0 Å². The fraction of sp³-hybridized carbons (Fsp3) is 0.625. The van der Waals surface area contributed by atoms with E-state index in [1.54, 1.807) is 0 Å². The lowest BCUT2D eigenvalue weighted by atomic mass is 10.0. The molecule has 0 bridgehead atoms. The van der Waals surface area contributed by atoms with E-state index < -0.39 is 11.7 Å². The number of halogens is 1. The third-order valence-electron chi connectivity index (χ3n) is 4.14. The Labute approximate surface area is 129 Å². The standard InChI is InChI=1S/C16H24BrNO2/c1-18(12-16(20)9-2-3-10-16)11-8-15(19)13-4-6-14(17)7-5-13/h4-7,15,19-20H,2-3,8-12H2,1H3. The van der Waals surface area contributed by atoms with E-state index >= 15 is 0 Å². The normalized spacial score (nSPS) is 19.4. The maximum absolute atomic E-state index is 10.4. The van der Waals surface area contributed by atoms with Crippen LogP contribution in [0.5, 0.6) is 0 Å². The second-order valence-corrected chi connectivity index (χ2v) is 6.94. The van der Waals surface area contributed by atoms with Crippen molar-refractivity contribution in [1.82, 2.24) is 4.90 Å². The highest BCUT2D eigenvalue weighted by Gasteiger charge is 2.32. The van der Waals surface area contributed by atoms with Gasteiger partial charge in [-0.15, -0.1) is 0 Å². The van der Waals surface area contributed by atoms with Gasteiger partial charge in [-0.3, -0.25) is 0 Å². The minimum absolute atomic E-state index is 0.441. The fourth-order valence-electron chi connectivity index (χ4n) is 2.97. The highest BCUT2D eigenvalue weighted by atomic mass is 79.9. The van der Waals surface area contributed by atoms with E-state index in [4.69, 9.17) is 0 Å². The fourth-order valence-corrected chi connectivity index (χ4v) is 3.23. The van der Waals surface area contributed by atoms with E-state index in [1.807, 2.05) is 31.3 Å². The van der Waals surface area contributed by atoms with E-state index in [-0.39, 0.29) is 0 Å². The Balaban J connectivity index is 1.77. The van der Waals surface area contributed by atoms with E-state index in [0.717, 1.165) is 42.3 Å². The van der Waals surface area contributed by atoms with Gasteiger partial charge in [0.25, 0.3) is 0 Å². The van der Waals surface area contributed by atoms with E-state index in [0.29, 0.717) is 13.0 Å². The van der Waals surface area contributed by atoms with Crippen molar-refractivity contribution >= 4 is 15.9 Å². The molecule has 0 saturated heterocycles. The largest absolute Gasteiger partial charge is 0.389 e. The van der Waals surface area contributed by atoms with Crippen molar-refractivity contribution < 1.29 is 10.2 Å². The number of benzene rings is 1. The summed E-state index contributed by atoms with van der Waals surface area (Å²) in [4.78, 5) is 2.13. The molecular weight excluding hydrogens is 318 g/mol. The summed E-state index contributed by atoms with van der Waals surface area (Å²) >= 11 is 3.39. The molecule has 0 aliphatic heterocycles. The van der Waals surface area contributed by atoms with Gasteiger partial charge < -0.3 is 15.1 Å². The number of aliphatic hydroxyl groups is 2. The average Bonchev–Trinajstić information content (AvgIpc) is 2.83. The molecule has 20 heavy (non-hydrogen) atoms. The summed E-state index contributed by atoms with van der Waals surface area (Å²) in [6.45, 7) is 1.50. The summed E-state index contributed by atoms with van der Waals surface area (Å²) in [5.41, 5.74) is 0.443. The van der Waals surface area contributed by atoms with Gasteiger partial charge in [-0.05, 0) is 44.0 Å². The number of likely N-dealkylation sites (N-methyl/N-ethyl adjacent to an activating group) is 1. The van der Waals surface area contributed by atoms with Crippen LogP contribution in [0.3, 0.4) is 0 Å². The molecule has 0 amide bonds. The molecule has 1 aromatic carbocycles. The van der Waals surface area contributed by atoms with Crippen LogP contribution in [0.1, 0.15) is 43.8 Å². The lowest BCUT2D eigenvalue weighted by Gasteiger charge is -2.29. The summed E-state index contributed by atoms with van der Waals surface area (Å²) in [6, 6.07) is 7.78. The van der Waals surface area contributed by atoms with Crippen molar-refractivity contribution in [2.24, 2.45) is 0 Å². The molecule has 1 unspecified atom stereocenters. The third-order valence-corrected chi connectivity index (χ3v) is 4.67. The van der Waals surface area contributed by atoms with Crippen LogP contribution in [0.15, 0.2) is 28.7 Å². The second-order valence-electron chi connectivity index (χ2n) is 6.03. The van der Waals surface area contributed by atoms with Crippen LogP contribution in [-0.4, -0.2) is 40.9 Å². The molecule has 1 aromatic rings. The molecular formula is C16H24BrNO2. The topological polar surface area (TPSA) is 43.7 Å². The van der Waals surface area contributed by atoms with Gasteiger partial charge >= 0.3 is 0 Å². The van der Waals surface area contributed by atoms with Gasteiger partial charge in [0, 0.05) is 17.6 Å². The zero-order valence-electron chi connectivity index (χ0n) is 12.1. The first kappa shape index (κ1) is 16.0. The molecule has 2 N–H and O–H groups in total. The minimum Gasteiger partial charge on any atom is -0.389 e. The molecule has 0 radical (unpaired) electrons. The molecule has 112 valence electrons. The maximum atomic E-state index is 10.4. The Hall–Kier alpha value is -0.420. The molecule has 0 spiro atoms. The maximum Gasteiger partial charge on any atom is 0.0802 e. The lowest BCUT2D eigenvalue weighted by Crippen LogP contribution is -2.39. The lowest BCUT2D eigenvalue weighted by molar-refractivity contribution is 0.0129. The van der Waals surface area contributed by atoms with Crippen molar-refractivity contribution in [1.29, 1.82) is 0 Å². The highest BCUT2D eigenvalue weighted by Crippen LogP contribution is 2.30. The van der Waals surface area contributed by atoms with Gasteiger partial charge in [0.15, 0.2) is 0 Å². The molecule has 1 aliphatic rings. The molecule has 1 fully saturated rings. The van der Waals surface area contributed by atoms with Crippen LogP contribution < -0.4 is 0 Å². The predicted molar refractivity (Wildman–Crippen MR) is 84.6 cm³/mol. The average molecular weight is 342 g/mol. The monoisotopic (exact) mass is 341 g/mol. The van der Waals surface area contributed by atoms with Gasteiger partial charge in [0.05, 0.1) is 11.7 Å². The Morgan fingerprint density at radius 1 is 1.25 bits per heavy atom. The molecule has 1 aliphatic carbocycles. The van der Waals surface area contributed by atoms with Gasteiger partial charge in [-0.1, -0.05) is 40.9 Å². The summed E-state index contributed by atoms with van der Waals surface area (Å²) in [5.74, 6) is 0. The van der Waals surface area contributed by atoms with E-state index in [2.05, 4.69) is 20.8 Å². The number of aliphatic hydroxyl groups excluding tert-OH is 1. The first-order valence-corrected chi connectivity index (χ1v) is 8.12. The van der Waals surface area contributed by atoms with E-state index in [9.17, 15) is 10.2 Å². The molecule has 0 heterocycles. The molecule has 4 heteroatoms. The van der Waals surface area contributed by atoms with Crippen LogP contribution in [-0.2, 0) is 0 Å². The Morgan fingerprint density at radius 2 is 1.85 bits per heavy atom. The number of nitrogens with zero attached hydrogens (tertiary/aromatic N) is 1. The molecule has 1 atom stereocenters. The number of rotatable bonds is 6.